The van der Waals surface area contributed by atoms with Crippen LogP contribution in [0.25, 0.3) is 0 Å². The largest absolute Gasteiger partial charge is 0.360 e. The maximum atomic E-state index is 10.8. The third kappa shape index (κ3) is 3.46. The summed E-state index contributed by atoms with van der Waals surface area (Å²) in [5.74, 6) is 0. The van der Waals surface area contributed by atoms with Gasteiger partial charge in [0, 0.05) is 17.8 Å². The lowest BCUT2D eigenvalue weighted by Gasteiger charge is -1.98. The molecule has 0 unspecified atom stereocenters. The lowest BCUT2D eigenvalue weighted by molar-refractivity contribution is -0.384. The maximum Gasteiger partial charge on any atom is 0.360 e. The molecule has 0 aliphatic heterocycles. The third-order valence-electron chi connectivity index (χ3n) is 1.49. The molecule has 0 fully saturated rings. The number of nitro benzene ring substituents is 1. The molecule has 1 aromatic rings. The Balaban J connectivity index is 2.80. The maximum absolute atomic E-state index is 10.8. The van der Waals surface area contributed by atoms with Gasteiger partial charge < -0.3 is 5.32 Å². The molecule has 16 heavy (non-hydrogen) atoms. The molecule has 0 heterocycles. The second-order valence-electron chi connectivity index (χ2n) is 2.54. The highest BCUT2D eigenvalue weighted by molar-refractivity contribution is 7.62. The summed E-state index contributed by atoms with van der Waals surface area (Å²) in [4.78, 5) is 20.5. The zero-order valence-electron chi connectivity index (χ0n) is 7.65. The summed E-state index contributed by atoms with van der Waals surface area (Å²) in [6, 6.07) is 3.80. The molecule has 0 atom stereocenters. The van der Waals surface area contributed by atoms with Crippen molar-refractivity contribution in [2.75, 3.05) is 5.32 Å². The third-order valence-corrected chi connectivity index (χ3v) is 1.80. The number of hydrogen-bond acceptors (Lipinski definition) is 5. The van der Waals surface area contributed by atoms with E-state index in [1.807, 2.05) is 0 Å². The number of nitrogens with one attached hydrogen (secondary N) is 1. The summed E-state index contributed by atoms with van der Waals surface area (Å²) < 4.78 is 22.7. The molecule has 0 bridgehead atoms. The summed E-state index contributed by atoms with van der Waals surface area (Å²) in [6.07, 6.45) is 0. The van der Waals surface area contributed by atoms with E-state index >= 15 is 0 Å². The van der Waals surface area contributed by atoms with Gasteiger partial charge in [-0.2, -0.15) is 8.42 Å². The fraction of sp³-hybridized carbons (Fsp3) is 0. The Morgan fingerprint density at radius 2 is 1.88 bits per heavy atom. The highest BCUT2D eigenvalue weighted by atomic mass is 32.2. The molecule has 1 rings (SSSR count). The molecular formula is C7H5N3O5S. The average molecular weight is 243 g/mol. The molecule has 1 N–H and O–H groups in total. The minimum absolute atomic E-state index is 0.137. The number of urea groups is 1. The summed E-state index contributed by atoms with van der Waals surface area (Å²) in [6.45, 7) is 0. The first-order chi connectivity index (χ1) is 7.49. The normalized spacial score (nSPS) is 9.25. The number of non-ortho nitro benzene ring substituents is 1. The first-order valence-electron chi connectivity index (χ1n) is 3.85. The van der Waals surface area contributed by atoms with Crippen LogP contribution in [0.2, 0.25) is 0 Å². The number of amides is 2. The van der Waals surface area contributed by atoms with Gasteiger partial charge in [-0.3, -0.25) is 10.1 Å². The van der Waals surface area contributed by atoms with E-state index in [2.05, 4.69) is 9.68 Å². The number of rotatable bonds is 2. The van der Waals surface area contributed by atoms with E-state index < -0.39 is 21.5 Å². The SMILES string of the molecule is O=C(N=S(=O)=O)Nc1ccc([N+](=O)[O-])cc1. The van der Waals surface area contributed by atoms with Crippen LogP contribution in [0.5, 0.6) is 0 Å². The minimum Gasteiger partial charge on any atom is -0.305 e. The molecule has 2 amide bonds. The van der Waals surface area contributed by atoms with E-state index in [-0.39, 0.29) is 11.4 Å². The molecule has 84 valence electrons. The number of anilines is 1. The van der Waals surface area contributed by atoms with Crippen LogP contribution >= 0.6 is 0 Å². The Labute approximate surface area is 90.8 Å². The molecule has 0 aromatic heterocycles. The molecule has 8 nitrogen and oxygen atoms in total. The van der Waals surface area contributed by atoms with E-state index in [1.54, 1.807) is 0 Å². The number of nitrogens with zero attached hydrogens (tertiary/aromatic N) is 2. The molecule has 0 radical (unpaired) electrons. The van der Waals surface area contributed by atoms with Gasteiger partial charge in [-0.15, -0.1) is 0 Å². The van der Waals surface area contributed by atoms with Crippen molar-refractivity contribution in [3.63, 3.8) is 0 Å². The molecular weight excluding hydrogens is 238 g/mol. The Kier molecular flexibility index (Phi) is 3.67. The van der Waals surface area contributed by atoms with Crippen LogP contribution in [0.15, 0.2) is 28.6 Å². The molecule has 0 aliphatic rings. The van der Waals surface area contributed by atoms with Gasteiger partial charge in [0.1, 0.15) is 0 Å². The van der Waals surface area contributed by atoms with Crippen LogP contribution < -0.4 is 5.32 Å². The Morgan fingerprint density at radius 1 is 1.31 bits per heavy atom. The molecule has 0 aliphatic carbocycles. The lowest BCUT2D eigenvalue weighted by Crippen LogP contribution is -2.05. The van der Waals surface area contributed by atoms with Crippen LogP contribution in [-0.2, 0) is 10.5 Å². The van der Waals surface area contributed by atoms with Crippen molar-refractivity contribution in [3.8, 4) is 0 Å². The van der Waals surface area contributed by atoms with Crippen molar-refractivity contribution in [2.24, 2.45) is 4.36 Å². The second kappa shape index (κ2) is 4.98. The van der Waals surface area contributed by atoms with E-state index in [9.17, 15) is 23.3 Å². The second-order valence-corrected chi connectivity index (χ2v) is 3.16. The number of nitro groups is 1. The first kappa shape index (κ1) is 11.8. The fourth-order valence-corrected chi connectivity index (χ4v) is 1.06. The minimum atomic E-state index is -2.83. The van der Waals surface area contributed by atoms with Gasteiger partial charge in [0.15, 0.2) is 0 Å². The first-order valence-corrected chi connectivity index (χ1v) is 4.89. The van der Waals surface area contributed by atoms with E-state index in [4.69, 9.17) is 0 Å². The number of carbonyl (C=O) groups excluding carboxylic acids is 1. The van der Waals surface area contributed by atoms with Gasteiger partial charge in [0.25, 0.3) is 5.69 Å². The fourth-order valence-electron chi connectivity index (χ4n) is 0.880. The average Bonchev–Trinajstić information content (AvgIpc) is 2.16. The zero-order valence-corrected chi connectivity index (χ0v) is 8.47. The van der Waals surface area contributed by atoms with Crippen molar-refractivity contribution < 1.29 is 18.1 Å². The predicted molar refractivity (Wildman–Crippen MR) is 53.5 cm³/mol. The number of carbonyl (C=O) groups is 1. The molecule has 1 aromatic carbocycles. The van der Waals surface area contributed by atoms with Crippen molar-refractivity contribution in [1.82, 2.24) is 0 Å². The van der Waals surface area contributed by atoms with Gasteiger partial charge in [-0.05, 0) is 12.1 Å². The Hall–Kier alpha value is -2.29. The van der Waals surface area contributed by atoms with E-state index in [1.165, 1.54) is 24.3 Å². The molecule has 0 saturated carbocycles. The van der Waals surface area contributed by atoms with Crippen LogP contribution in [0.1, 0.15) is 0 Å². The quantitative estimate of drug-likeness (QED) is 0.618. The molecule has 9 heteroatoms. The summed E-state index contributed by atoms with van der Waals surface area (Å²) >= 11 is 0. The van der Waals surface area contributed by atoms with Crippen LogP contribution in [0.3, 0.4) is 0 Å². The van der Waals surface area contributed by atoms with Gasteiger partial charge in [-0.1, -0.05) is 4.36 Å². The predicted octanol–water partition coefficient (Wildman–Crippen LogP) is 1.19. The van der Waals surface area contributed by atoms with Crippen molar-refractivity contribution >= 4 is 27.9 Å². The topological polar surface area (TPSA) is 119 Å². The van der Waals surface area contributed by atoms with Crippen molar-refractivity contribution in [3.05, 3.63) is 34.4 Å². The van der Waals surface area contributed by atoms with Gasteiger partial charge in [0.05, 0.1) is 4.92 Å². The zero-order chi connectivity index (χ0) is 12.1. The van der Waals surface area contributed by atoms with Crippen molar-refractivity contribution in [2.45, 2.75) is 0 Å². The van der Waals surface area contributed by atoms with Gasteiger partial charge >= 0.3 is 16.5 Å². The van der Waals surface area contributed by atoms with Gasteiger partial charge in [-0.25, -0.2) is 4.79 Å². The van der Waals surface area contributed by atoms with E-state index in [0.717, 1.165) is 0 Å². The smallest absolute Gasteiger partial charge is 0.305 e. The van der Waals surface area contributed by atoms with Crippen LogP contribution in [0, 0.1) is 10.1 Å². The summed E-state index contributed by atoms with van der Waals surface area (Å²) in [5.41, 5.74) is 0.0761. The van der Waals surface area contributed by atoms with E-state index in [0.29, 0.717) is 0 Å². The van der Waals surface area contributed by atoms with Crippen molar-refractivity contribution in [1.29, 1.82) is 0 Å². The molecule has 0 saturated heterocycles. The highest BCUT2D eigenvalue weighted by Crippen LogP contribution is 2.15. The van der Waals surface area contributed by atoms with Gasteiger partial charge in [0.2, 0.25) is 0 Å². The lowest BCUT2D eigenvalue weighted by atomic mass is 10.3. The monoisotopic (exact) mass is 243 g/mol. The molecule has 0 spiro atoms. The Morgan fingerprint density at radius 3 is 2.31 bits per heavy atom. The Bertz CT molecular complexity index is 540. The number of benzene rings is 1. The summed E-state index contributed by atoms with van der Waals surface area (Å²) in [5, 5.41) is 12.4. The summed E-state index contributed by atoms with van der Waals surface area (Å²) in [7, 11) is -2.83. The standard InChI is InChI=1S/C7H5N3O5S/c11-7(9-16(14)15)8-5-1-3-6(4-2-5)10(12)13/h1-4H,(H,8,11). The number of hydrogen-bond donors (Lipinski definition) is 1. The van der Waals surface area contributed by atoms with Crippen LogP contribution in [0.4, 0.5) is 16.2 Å². The van der Waals surface area contributed by atoms with Crippen LogP contribution in [-0.4, -0.2) is 19.4 Å². The highest BCUT2D eigenvalue weighted by Gasteiger charge is 2.05.